The van der Waals surface area contributed by atoms with E-state index in [2.05, 4.69) is 27.5 Å². The van der Waals surface area contributed by atoms with E-state index in [0.717, 1.165) is 24.1 Å². The topological polar surface area (TPSA) is 69.0 Å². The number of ether oxygens (including phenoxy) is 1. The quantitative estimate of drug-likeness (QED) is 0.459. The Bertz CT molecular complexity index is 1110. The van der Waals surface area contributed by atoms with Gasteiger partial charge in [-0.15, -0.1) is 0 Å². The number of benzene rings is 2. The predicted octanol–water partition coefficient (Wildman–Crippen LogP) is 4.59. The van der Waals surface area contributed by atoms with E-state index in [9.17, 15) is 4.79 Å². The molecule has 0 radical (unpaired) electrons. The van der Waals surface area contributed by atoms with Crippen molar-refractivity contribution in [2.45, 2.75) is 26.0 Å². The SMILES string of the molecule is CC(Oc1ccc(-c2ccccc2)cc1)C(=O)Nc1ccn(CCc2ccncc2)n1. The molecule has 2 aromatic heterocycles. The Morgan fingerprint density at radius 3 is 2.42 bits per heavy atom. The molecule has 1 atom stereocenters. The van der Waals surface area contributed by atoms with Crippen molar-refractivity contribution in [2.75, 3.05) is 5.32 Å². The minimum Gasteiger partial charge on any atom is -0.481 e. The van der Waals surface area contributed by atoms with Crippen LogP contribution in [0, 0.1) is 0 Å². The van der Waals surface area contributed by atoms with Crippen LogP contribution >= 0.6 is 0 Å². The lowest BCUT2D eigenvalue weighted by Gasteiger charge is -2.14. The third-order valence-corrected chi connectivity index (χ3v) is 4.91. The zero-order valence-corrected chi connectivity index (χ0v) is 17.3. The number of amides is 1. The van der Waals surface area contributed by atoms with E-state index in [-0.39, 0.29) is 5.91 Å². The highest BCUT2D eigenvalue weighted by Crippen LogP contribution is 2.22. The summed E-state index contributed by atoms with van der Waals surface area (Å²) in [6.45, 7) is 2.45. The molecule has 6 heteroatoms. The molecule has 4 aromatic rings. The molecule has 0 saturated carbocycles. The van der Waals surface area contributed by atoms with E-state index in [4.69, 9.17) is 4.74 Å². The maximum Gasteiger partial charge on any atom is 0.266 e. The van der Waals surface area contributed by atoms with Crippen molar-refractivity contribution in [3.05, 3.63) is 97.0 Å². The summed E-state index contributed by atoms with van der Waals surface area (Å²) >= 11 is 0. The van der Waals surface area contributed by atoms with Gasteiger partial charge in [0.2, 0.25) is 0 Å². The Morgan fingerprint density at radius 2 is 1.68 bits per heavy atom. The van der Waals surface area contributed by atoms with E-state index in [1.807, 2.05) is 65.5 Å². The second-order valence-corrected chi connectivity index (χ2v) is 7.21. The number of hydrogen-bond donors (Lipinski definition) is 1. The highest BCUT2D eigenvalue weighted by molar-refractivity contribution is 5.93. The van der Waals surface area contributed by atoms with Gasteiger partial charge in [-0.3, -0.25) is 14.5 Å². The smallest absolute Gasteiger partial charge is 0.266 e. The molecule has 1 unspecified atom stereocenters. The Labute approximate surface area is 181 Å². The van der Waals surface area contributed by atoms with Crippen molar-refractivity contribution in [1.82, 2.24) is 14.8 Å². The maximum absolute atomic E-state index is 12.5. The van der Waals surface area contributed by atoms with Crippen LogP contribution in [0.15, 0.2) is 91.4 Å². The van der Waals surface area contributed by atoms with Crippen LogP contribution in [0.3, 0.4) is 0 Å². The van der Waals surface area contributed by atoms with Gasteiger partial charge in [0.05, 0.1) is 0 Å². The number of pyridine rings is 1. The van der Waals surface area contributed by atoms with E-state index < -0.39 is 6.10 Å². The number of hydrogen-bond acceptors (Lipinski definition) is 4. The fourth-order valence-electron chi connectivity index (χ4n) is 3.19. The van der Waals surface area contributed by atoms with Crippen molar-refractivity contribution in [2.24, 2.45) is 0 Å². The van der Waals surface area contributed by atoms with Crippen molar-refractivity contribution in [1.29, 1.82) is 0 Å². The van der Waals surface area contributed by atoms with Crippen LogP contribution in [-0.4, -0.2) is 26.8 Å². The Hall–Kier alpha value is -3.93. The summed E-state index contributed by atoms with van der Waals surface area (Å²) in [5.74, 6) is 0.909. The average molecular weight is 412 g/mol. The van der Waals surface area contributed by atoms with Crippen molar-refractivity contribution in [3.8, 4) is 16.9 Å². The fourth-order valence-corrected chi connectivity index (χ4v) is 3.19. The summed E-state index contributed by atoms with van der Waals surface area (Å²) in [4.78, 5) is 16.5. The minimum atomic E-state index is -0.649. The molecule has 156 valence electrons. The fraction of sp³-hybridized carbons (Fsp3) is 0.160. The number of rotatable bonds is 8. The third kappa shape index (κ3) is 5.57. The lowest BCUT2D eigenvalue weighted by atomic mass is 10.1. The first-order chi connectivity index (χ1) is 15.2. The maximum atomic E-state index is 12.5. The summed E-state index contributed by atoms with van der Waals surface area (Å²) in [5, 5.41) is 7.23. The first kappa shape index (κ1) is 20.3. The number of aryl methyl sites for hydroxylation is 2. The second-order valence-electron chi connectivity index (χ2n) is 7.21. The van der Waals surface area contributed by atoms with E-state index in [1.54, 1.807) is 25.4 Å². The van der Waals surface area contributed by atoms with Gasteiger partial charge in [-0.25, -0.2) is 0 Å². The summed E-state index contributed by atoms with van der Waals surface area (Å²) in [5.41, 5.74) is 3.43. The Morgan fingerprint density at radius 1 is 0.968 bits per heavy atom. The highest BCUT2D eigenvalue weighted by atomic mass is 16.5. The van der Waals surface area contributed by atoms with Gasteiger partial charge >= 0.3 is 0 Å². The van der Waals surface area contributed by atoms with Crippen LogP contribution in [0.2, 0.25) is 0 Å². The molecular weight excluding hydrogens is 388 g/mol. The van der Waals surface area contributed by atoms with Crippen LogP contribution in [0.5, 0.6) is 5.75 Å². The van der Waals surface area contributed by atoms with Crippen LogP contribution in [-0.2, 0) is 17.8 Å². The molecule has 0 spiro atoms. The van der Waals surface area contributed by atoms with Gasteiger partial charge < -0.3 is 10.1 Å². The second kappa shape index (κ2) is 9.71. The molecule has 2 aromatic carbocycles. The van der Waals surface area contributed by atoms with Gasteiger partial charge in [-0.1, -0.05) is 42.5 Å². The molecule has 2 heterocycles. The normalized spacial score (nSPS) is 11.6. The van der Waals surface area contributed by atoms with Crippen LogP contribution in [0.1, 0.15) is 12.5 Å². The average Bonchev–Trinajstić information content (AvgIpc) is 3.26. The van der Waals surface area contributed by atoms with Gasteiger partial charge in [-0.2, -0.15) is 5.10 Å². The number of anilines is 1. The van der Waals surface area contributed by atoms with E-state index in [1.165, 1.54) is 5.56 Å². The molecule has 6 nitrogen and oxygen atoms in total. The van der Waals surface area contributed by atoms with Gasteiger partial charge in [0.1, 0.15) is 5.75 Å². The van der Waals surface area contributed by atoms with Gasteiger partial charge in [-0.05, 0) is 54.3 Å². The molecule has 0 aliphatic heterocycles. The molecule has 0 fully saturated rings. The van der Waals surface area contributed by atoms with Crippen LogP contribution in [0.25, 0.3) is 11.1 Å². The Kier molecular flexibility index (Phi) is 6.38. The van der Waals surface area contributed by atoms with Crippen molar-refractivity contribution >= 4 is 11.7 Å². The summed E-state index contributed by atoms with van der Waals surface area (Å²) in [6, 6.07) is 23.6. The van der Waals surface area contributed by atoms with Crippen molar-refractivity contribution in [3.63, 3.8) is 0 Å². The van der Waals surface area contributed by atoms with Crippen LogP contribution < -0.4 is 10.1 Å². The Balaban J connectivity index is 1.29. The zero-order valence-electron chi connectivity index (χ0n) is 17.3. The molecule has 31 heavy (non-hydrogen) atoms. The molecule has 0 bridgehead atoms. The lowest BCUT2D eigenvalue weighted by molar-refractivity contribution is -0.122. The molecule has 0 aliphatic carbocycles. The summed E-state index contributed by atoms with van der Waals surface area (Å²) in [7, 11) is 0. The molecule has 0 aliphatic rings. The lowest BCUT2D eigenvalue weighted by Crippen LogP contribution is -2.30. The summed E-state index contributed by atoms with van der Waals surface area (Å²) < 4.78 is 7.61. The van der Waals surface area contributed by atoms with Gasteiger partial charge in [0.25, 0.3) is 5.91 Å². The van der Waals surface area contributed by atoms with Crippen LogP contribution in [0.4, 0.5) is 5.82 Å². The first-order valence-electron chi connectivity index (χ1n) is 10.2. The third-order valence-electron chi connectivity index (χ3n) is 4.91. The number of nitrogens with one attached hydrogen (secondary N) is 1. The highest BCUT2D eigenvalue weighted by Gasteiger charge is 2.16. The standard InChI is InChI=1S/C25H24N4O2/c1-19(31-23-9-7-22(8-10-23)21-5-3-2-4-6-21)25(30)27-24-14-18-29(28-24)17-13-20-11-15-26-16-12-20/h2-12,14-16,18-19H,13,17H2,1H3,(H,27,28,30). The number of nitrogens with zero attached hydrogens (tertiary/aromatic N) is 3. The zero-order chi connectivity index (χ0) is 21.5. The number of aromatic nitrogens is 3. The first-order valence-corrected chi connectivity index (χ1v) is 10.2. The number of carbonyl (C=O) groups excluding carboxylic acids is 1. The van der Waals surface area contributed by atoms with Gasteiger partial charge in [0, 0.05) is 31.2 Å². The molecular formula is C25H24N4O2. The molecule has 1 N–H and O–H groups in total. The monoisotopic (exact) mass is 412 g/mol. The summed E-state index contributed by atoms with van der Waals surface area (Å²) in [6.07, 6.45) is 5.60. The predicted molar refractivity (Wildman–Crippen MR) is 121 cm³/mol. The molecule has 0 saturated heterocycles. The van der Waals surface area contributed by atoms with Gasteiger partial charge in [0.15, 0.2) is 11.9 Å². The van der Waals surface area contributed by atoms with E-state index in [0.29, 0.717) is 11.6 Å². The van der Waals surface area contributed by atoms with Crippen molar-refractivity contribution < 1.29 is 9.53 Å². The molecule has 1 amide bonds. The number of carbonyl (C=O) groups is 1. The molecule has 4 rings (SSSR count). The largest absolute Gasteiger partial charge is 0.481 e. The van der Waals surface area contributed by atoms with E-state index >= 15 is 0 Å². The minimum absolute atomic E-state index is 0.244.